The maximum atomic E-state index is 8.91. The highest BCUT2D eigenvalue weighted by molar-refractivity contribution is 7.10. The van der Waals surface area contributed by atoms with Crippen molar-refractivity contribution in [2.24, 2.45) is 0 Å². The molecule has 1 aromatic carbocycles. The summed E-state index contributed by atoms with van der Waals surface area (Å²) in [6.07, 6.45) is 0. The molecule has 0 unspecified atom stereocenters. The number of nitriles is 1. The lowest BCUT2D eigenvalue weighted by Gasteiger charge is -2.04. The molecule has 0 aliphatic heterocycles. The Labute approximate surface area is 102 Å². The van der Waals surface area contributed by atoms with Crippen LogP contribution in [0.2, 0.25) is 5.02 Å². The predicted molar refractivity (Wildman–Crippen MR) is 63.8 cm³/mol. The number of thiazole rings is 1. The van der Waals surface area contributed by atoms with Gasteiger partial charge in [0.15, 0.2) is 0 Å². The molecule has 80 valence electrons. The quantitative estimate of drug-likeness (QED) is 0.821. The Balaban J connectivity index is 2.53. The van der Waals surface area contributed by atoms with E-state index in [1.54, 1.807) is 30.8 Å². The number of aromatic nitrogens is 1. The number of rotatable bonds is 2. The molecule has 1 aromatic heterocycles. The molecule has 1 heterocycles. The third kappa shape index (κ3) is 1.87. The van der Waals surface area contributed by atoms with E-state index >= 15 is 0 Å². The van der Waals surface area contributed by atoms with Crippen LogP contribution in [-0.2, 0) is 0 Å². The molecule has 2 rings (SSSR count). The van der Waals surface area contributed by atoms with E-state index in [9.17, 15) is 0 Å². The Kier molecular flexibility index (Phi) is 3.09. The molecule has 2 aromatic rings. The van der Waals surface area contributed by atoms with Crippen molar-refractivity contribution in [3.05, 3.63) is 33.6 Å². The number of hydrogen-bond donors (Lipinski definition) is 0. The zero-order valence-corrected chi connectivity index (χ0v) is 9.97. The normalized spacial score (nSPS) is 9.81. The van der Waals surface area contributed by atoms with Gasteiger partial charge in [0.2, 0.25) is 0 Å². The zero-order chi connectivity index (χ0) is 11.5. The highest BCUT2D eigenvalue weighted by Crippen LogP contribution is 2.33. The first-order valence-corrected chi connectivity index (χ1v) is 5.69. The van der Waals surface area contributed by atoms with Gasteiger partial charge in [0.1, 0.15) is 22.4 Å². The first-order chi connectivity index (χ1) is 7.76. The number of halogens is 1. The second-order valence-electron chi connectivity index (χ2n) is 2.99. The average Bonchev–Trinajstić information content (AvgIpc) is 2.76. The van der Waals surface area contributed by atoms with Gasteiger partial charge in [-0.15, -0.1) is 11.3 Å². The highest BCUT2D eigenvalue weighted by atomic mass is 35.5. The lowest BCUT2D eigenvalue weighted by molar-refractivity contribution is 0.415. The van der Waals surface area contributed by atoms with Crippen LogP contribution >= 0.6 is 22.9 Å². The van der Waals surface area contributed by atoms with Gasteiger partial charge in [-0.3, -0.25) is 0 Å². The van der Waals surface area contributed by atoms with Crippen molar-refractivity contribution in [3.8, 4) is 23.1 Å². The van der Waals surface area contributed by atoms with Crippen LogP contribution in [0.1, 0.15) is 4.88 Å². The van der Waals surface area contributed by atoms with Gasteiger partial charge in [-0.2, -0.15) is 5.26 Å². The zero-order valence-electron chi connectivity index (χ0n) is 8.40. The molecule has 5 heteroatoms. The molecule has 3 nitrogen and oxygen atoms in total. The molecule has 0 fully saturated rings. The largest absolute Gasteiger partial charge is 0.497 e. The van der Waals surface area contributed by atoms with Gasteiger partial charge in [-0.25, -0.2) is 4.98 Å². The summed E-state index contributed by atoms with van der Waals surface area (Å²) in [6, 6.07) is 7.40. The van der Waals surface area contributed by atoms with Crippen LogP contribution in [-0.4, -0.2) is 12.1 Å². The van der Waals surface area contributed by atoms with Crippen molar-refractivity contribution in [2.45, 2.75) is 0 Å². The first-order valence-electron chi connectivity index (χ1n) is 4.43. The summed E-state index contributed by atoms with van der Waals surface area (Å²) in [5, 5.41) is 9.44. The average molecular weight is 251 g/mol. The van der Waals surface area contributed by atoms with Crippen molar-refractivity contribution in [1.29, 1.82) is 5.26 Å². The molecule has 0 bridgehead atoms. The van der Waals surface area contributed by atoms with E-state index in [2.05, 4.69) is 11.1 Å². The summed E-state index contributed by atoms with van der Waals surface area (Å²) in [5.74, 6) is 0.683. The summed E-state index contributed by atoms with van der Waals surface area (Å²) in [6.45, 7) is 0. The van der Waals surface area contributed by atoms with Gasteiger partial charge >= 0.3 is 0 Å². The summed E-state index contributed by atoms with van der Waals surface area (Å²) in [5.41, 5.74) is 3.01. The lowest BCUT2D eigenvalue weighted by Crippen LogP contribution is -1.86. The van der Waals surface area contributed by atoms with E-state index in [-0.39, 0.29) is 0 Å². The minimum atomic E-state index is 0.529. The summed E-state index contributed by atoms with van der Waals surface area (Å²) in [4.78, 5) is 4.71. The molecule has 0 N–H and O–H groups in total. The molecule has 0 amide bonds. The van der Waals surface area contributed by atoms with E-state index in [0.717, 1.165) is 5.56 Å². The molecule has 0 atom stereocenters. The molecule has 16 heavy (non-hydrogen) atoms. The van der Waals surface area contributed by atoms with Crippen LogP contribution in [0.15, 0.2) is 23.7 Å². The van der Waals surface area contributed by atoms with Crippen LogP contribution < -0.4 is 4.74 Å². The van der Waals surface area contributed by atoms with Gasteiger partial charge in [0, 0.05) is 5.56 Å². The second-order valence-corrected chi connectivity index (χ2v) is 4.25. The number of methoxy groups -OCH3 is 1. The Hall–Kier alpha value is -1.57. The summed E-state index contributed by atoms with van der Waals surface area (Å²) >= 11 is 7.40. The first kappa shape index (κ1) is 10.9. The molecule has 0 aliphatic rings. The predicted octanol–water partition coefficient (Wildman–Crippen LogP) is 3.34. The fourth-order valence-electron chi connectivity index (χ4n) is 1.33. The van der Waals surface area contributed by atoms with Crippen molar-refractivity contribution in [3.63, 3.8) is 0 Å². The Morgan fingerprint density at radius 1 is 1.50 bits per heavy atom. The number of benzene rings is 1. The van der Waals surface area contributed by atoms with Crippen molar-refractivity contribution >= 4 is 22.9 Å². The van der Waals surface area contributed by atoms with E-state index in [0.29, 0.717) is 21.3 Å². The van der Waals surface area contributed by atoms with Crippen LogP contribution in [0.4, 0.5) is 0 Å². The smallest absolute Gasteiger partial charge is 0.132 e. The summed E-state index contributed by atoms with van der Waals surface area (Å²) in [7, 11) is 1.58. The second kappa shape index (κ2) is 4.52. The maximum absolute atomic E-state index is 8.91. The third-order valence-corrected chi connectivity index (χ3v) is 3.14. The Morgan fingerprint density at radius 2 is 2.31 bits per heavy atom. The minimum absolute atomic E-state index is 0.529. The maximum Gasteiger partial charge on any atom is 0.132 e. The Bertz CT molecular complexity index is 559. The fourth-order valence-corrected chi connectivity index (χ4v) is 2.18. The van der Waals surface area contributed by atoms with Crippen LogP contribution in [0.5, 0.6) is 5.75 Å². The van der Waals surface area contributed by atoms with Gasteiger partial charge in [-0.05, 0) is 18.2 Å². The lowest BCUT2D eigenvalue weighted by atomic mass is 10.1. The fraction of sp³-hybridized carbons (Fsp3) is 0.0909. The van der Waals surface area contributed by atoms with Crippen molar-refractivity contribution in [1.82, 2.24) is 4.98 Å². The molecule has 0 radical (unpaired) electrons. The monoisotopic (exact) mass is 250 g/mol. The van der Waals surface area contributed by atoms with Crippen molar-refractivity contribution in [2.75, 3.05) is 7.11 Å². The van der Waals surface area contributed by atoms with Crippen LogP contribution in [0.3, 0.4) is 0 Å². The van der Waals surface area contributed by atoms with Crippen LogP contribution in [0, 0.1) is 11.3 Å². The Morgan fingerprint density at radius 3 is 2.94 bits per heavy atom. The molecule has 0 spiro atoms. The van der Waals surface area contributed by atoms with E-state index in [1.807, 2.05) is 0 Å². The number of hydrogen-bond acceptors (Lipinski definition) is 4. The molecular formula is C11H7ClN2OS. The van der Waals surface area contributed by atoms with E-state index in [1.165, 1.54) is 11.3 Å². The van der Waals surface area contributed by atoms with Gasteiger partial charge in [-0.1, -0.05) is 11.6 Å². The van der Waals surface area contributed by atoms with Crippen LogP contribution in [0.25, 0.3) is 11.3 Å². The van der Waals surface area contributed by atoms with Gasteiger partial charge in [0.05, 0.1) is 17.6 Å². The topological polar surface area (TPSA) is 45.9 Å². The number of ether oxygens (including phenoxy) is 1. The van der Waals surface area contributed by atoms with Crippen molar-refractivity contribution < 1.29 is 4.74 Å². The van der Waals surface area contributed by atoms with E-state index < -0.39 is 0 Å². The van der Waals surface area contributed by atoms with E-state index in [4.69, 9.17) is 21.6 Å². The summed E-state index contributed by atoms with van der Waals surface area (Å²) < 4.78 is 5.06. The number of nitrogens with zero attached hydrogens (tertiary/aromatic N) is 2. The molecule has 0 saturated carbocycles. The molecule has 0 saturated heterocycles. The standard InChI is InChI=1S/C11H7ClN2OS/c1-15-7-2-3-8(9(12)4-7)11-10(5-13)16-6-14-11/h2-4,6H,1H3. The molecular weight excluding hydrogens is 244 g/mol. The molecule has 0 aliphatic carbocycles. The highest BCUT2D eigenvalue weighted by Gasteiger charge is 2.12. The SMILES string of the molecule is COc1ccc(-c2ncsc2C#N)c(Cl)c1. The minimum Gasteiger partial charge on any atom is -0.497 e. The van der Waals surface area contributed by atoms with Gasteiger partial charge < -0.3 is 4.74 Å². The third-order valence-electron chi connectivity index (χ3n) is 2.10. The van der Waals surface area contributed by atoms with Gasteiger partial charge in [0.25, 0.3) is 0 Å².